The van der Waals surface area contributed by atoms with Crippen LogP contribution in [0.25, 0.3) is 10.9 Å². The molecule has 0 unspecified atom stereocenters. The molecule has 2 N–H and O–H groups in total. The van der Waals surface area contributed by atoms with Gasteiger partial charge in [-0.05, 0) is 24.3 Å². The fourth-order valence-electron chi connectivity index (χ4n) is 1.16. The molecule has 0 radical (unpaired) electrons. The third-order valence-electron chi connectivity index (χ3n) is 1.80. The lowest BCUT2D eigenvalue weighted by atomic mass is 10.2. The van der Waals surface area contributed by atoms with Gasteiger partial charge < -0.3 is 5.73 Å². The van der Waals surface area contributed by atoms with Crippen molar-refractivity contribution in [1.82, 2.24) is 4.98 Å². The number of hydrogen-bond donors (Lipinski definition) is 2. The third-order valence-corrected chi connectivity index (χ3v) is 2.19. The van der Waals surface area contributed by atoms with Gasteiger partial charge in [-0.25, -0.2) is 0 Å². The van der Waals surface area contributed by atoms with Crippen molar-refractivity contribution >= 4 is 29.2 Å². The first-order chi connectivity index (χ1) is 5.79. The van der Waals surface area contributed by atoms with Crippen LogP contribution in [0, 0.1) is 0 Å². The highest BCUT2D eigenvalue weighted by Gasteiger charge is 2.00. The van der Waals surface area contributed by atoms with Gasteiger partial charge in [0.25, 0.3) is 0 Å². The molecule has 0 atom stereocenters. The summed E-state index contributed by atoms with van der Waals surface area (Å²) < 4.78 is 0. The van der Waals surface area contributed by atoms with Crippen molar-refractivity contribution in [2.75, 3.05) is 5.73 Å². The number of nitrogens with zero attached hydrogens (tertiary/aromatic N) is 1. The number of benzene rings is 1. The zero-order chi connectivity index (χ0) is 8.55. The highest BCUT2D eigenvalue weighted by atomic mass is 32.1. The van der Waals surface area contributed by atoms with Crippen LogP contribution in [0.5, 0.6) is 0 Å². The summed E-state index contributed by atoms with van der Waals surface area (Å²) in [6.07, 6.45) is 1.75. The number of anilines is 1. The molecule has 1 aromatic heterocycles. The quantitative estimate of drug-likeness (QED) is 0.476. The molecule has 0 aliphatic rings. The highest BCUT2D eigenvalue weighted by molar-refractivity contribution is 7.80. The minimum Gasteiger partial charge on any atom is -0.397 e. The maximum absolute atomic E-state index is 5.80. The van der Waals surface area contributed by atoms with Crippen LogP contribution in [-0.4, -0.2) is 4.98 Å². The first kappa shape index (κ1) is 7.43. The molecule has 3 heteroatoms. The van der Waals surface area contributed by atoms with E-state index in [9.17, 15) is 0 Å². The Labute approximate surface area is 75.8 Å². The molecule has 0 fully saturated rings. The van der Waals surface area contributed by atoms with E-state index in [1.807, 2.05) is 24.3 Å². The van der Waals surface area contributed by atoms with Gasteiger partial charge in [-0.3, -0.25) is 4.98 Å². The molecule has 2 aromatic rings. The second-order valence-corrected chi connectivity index (χ2v) is 3.05. The minimum atomic E-state index is 0.698. The predicted octanol–water partition coefficient (Wildman–Crippen LogP) is 2.11. The van der Waals surface area contributed by atoms with E-state index in [1.165, 1.54) is 0 Å². The van der Waals surface area contributed by atoms with E-state index in [-0.39, 0.29) is 0 Å². The van der Waals surface area contributed by atoms with Gasteiger partial charge in [0.2, 0.25) is 0 Å². The molecule has 2 rings (SSSR count). The van der Waals surface area contributed by atoms with Gasteiger partial charge in [0.1, 0.15) is 0 Å². The Morgan fingerprint density at radius 1 is 1.25 bits per heavy atom. The summed E-state index contributed by atoms with van der Waals surface area (Å²) in [7, 11) is 0. The lowest BCUT2D eigenvalue weighted by molar-refractivity contribution is 1.39. The maximum atomic E-state index is 5.80. The van der Waals surface area contributed by atoms with E-state index in [0.717, 1.165) is 15.8 Å². The third kappa shape index (κ3) is 1.02. The van der Waals surface area contributed by atoms with Gasteiger partial charge in [-0.15, -0.1) is 12.6 Å². The molecular formula is C9H8N2S. The Kier molecular flexibility index (Phi) is 1.66. The molecular weight excluding hydrogens is 168 g/mol. The summed E-state index contributed by atoms with van der Waals surface area (Å²) >= 11 is 4.22. The van der Waals surface area contributed by atoms with Gasteiger partial charge in [0.05, 0.1) is 11.2 Å². The van der Waals surface area contributed by atoms with E-state index < -0.39 is 0 Å². The fourth-order valence-corrected chi connectivity index (χ4v) is 1.36. The minimum absolute atomic E-state index is 0.698. The van der Waals surface area contributed by atoms with Crippen LogP contribution < -0.4 is 5.73 Å². The lowest BCUT2D eigenvalue weighted by Crippen LogP contribution is -1.89. The van der Waals surface area contributed by atoms with Gasteiger partial charge in [0, 0.05) is 16.5 Å². The molecule has 0 aliphatic heterocycles. The van der Waals surface area contributed by atoms with Gasteiger partial charge in [-0.2, -0.15) is 0 Å². The van der Waals surface area contributed by atoms with Crippen molar-refractivity contribution in [3.05, 3.63) is 30.5 Å². The van der Waals surface area contributed by atoms with Crippen LogP contribution in [0.3, 0.4) is 0 Å². The molecule has 0 aliphatic carbocycles. The Bertz CT molecular complexity index is 426. The summed E-state index contributed by atoms with van der Waals surface area (Å²) in [5, 5.41) is 0.963. The number of thiol groups is 1. The number of hydrogen-bond acceptors (Lipinski definition) is 3. The lowest BCUT2D eigenvalue weighted by Gasteiger charge is -2.02. The molecule has 60 valence electrons. The number of nitrogens with two attached hydrogens (primary N) is 1. The normalized spacial score (nSPS) is 10.4. The summed E-state index contributed by atoms with van der Waals surface area (Å²) in [6, 6.07) is 7.57. The first-order valence-electron chi connectivity index (χ1n) is 3.61. The zero-order valence-electron chi connectivity index (χ0n) is 6.36. The standard InChI is InChI=1S/C9H8N2S/c10-9-6-2-1-5-11-7(6)3-4-8(9)12/h1-5,12H,10H2. The van der Waals surface area contributed by atoms with Crippen LogP contribution in [0.15, 0.2) is 35.4 Å². The predicted molar refractivity (Wildman–Crippen MR) is 53.4 cm³/mol. The largest absolute Gasteiger partial charge is 0.397 e. The molecule has 0 spiro atoms. The van der Waals surface area contributed by atoms with Crippen molar-refractivity contribution in [1.29, 1.82) is 0 Å². The zero-order valence-corrected chi connectivity index (χ0v) is 7.25. The smallest absolute Gasteiger partial charge is 0.0723 e. The topological polar surface area (TPSA) is 38.9 Å². The molecule has 0 bridgehead atoms. The van der Waals surface area contributed by atoms with Crippen LogP contribution in [-0.2, 0) is 0 Å². The first-order valence-corrected chi connectivity index (χ1v) is 4.06. The average molecular weight is 176 g/mol. The summed E-state index contributed by atoms with van der Waals surface area (Å²) in [5.41, 5.74) is 7.41. The van der Waals surface area contributed by atoms with E-state index in [2.05, 4.69) is 17.6 Å². The van der Waals surface area contributed by atoms with Crippen molar-refractivity contribution in [2.45, 2.75) is 4.90 Å². The van der Waals surface area contributed by atoms with Crippen molar-refractivity contribution in [2.24, 2.45) is 0 Å². The van der Waals surface area contributed by atoms with Crippen LogP contribution in [0.4, 0.5) is 5.69 Å². The second kappa shape index (κ2) is 2.68. The summed E-state index contributed by atoms with van der Waals surface area (Å²) in [5.74, 6) is 0. The van der Waals surface area contributed by atoms with Crippen LogP contribution in [0.1, 0.15) is 0 Å². The van der Waals surface area contributed by atoms with Gasteiger partial charge in [0.15, 0.2) is 0 Å². The molecule has 0 amide bonds. The Morgan fingerprint density at radius 3 is 2.92 bits per heavy atom. The number of fused-ring (bicyclic) bond motifs is 1. The Hall–Kier alpha value is -1.22. The van der Waals surface area contributed by atoms with Gasteiger partial charge >= 0.3 is 0 Å². The van der Waals surface area contributed by atoms with Gasteiger partial charge in [-0.1, -0.05) is 0 Å². The molecule has 12 heavy (non-hydrogen) atoms. The second-order valence-electron chi connectivity index (χ2n) is 2.57. The van der Waals surface area contributed by atoms with E-state index in [0.29, 0.717) is 5.69 Å². The monoisotopic (exact) mass is 176 g/mol. The van der Waals surface area contributed by atoms with E-state index >= 15 is 0 Å². The van der Waals surface area contributed by atoms with Crippen LogP contribution in [0.2, 0.25) is 0 Å². The van der Waals surface area contributed by atoms with E-state index in [4.69, 9.17) is 5.73 Å². The number of aromatic nitrogens is 1. The Balaban J connectivity index is 2.91. The molecule has 0 saturated heterocycles. The van der Waals surface area contributed by atoms with Crippen molar-refractivity contribution in [3.8, 4) is 0 Å². The molecule has 2 nitrogen and oxygen atoms in total. The fraction of sp³-hybridized carbons (Fsp3) is 0. The summed E-state index contributed by atoms with van der Waals surface area (Å²) in [4.78, 5) is 4.97. The van der Waals surface area contributed by atoms with Crippen molar-refractivity contribution in [3.63, 3.8) is 0 Å². The van der Waals surface area contributed by atoms with E-state index in [1.54, 1.807) is 6.20 Å². The molecule has 0 saturated carbocycles. The Morgan fingerprint density at radius 2 is 2.08 bits per heavy atom. The number of nitrogen functional groups attached to an aromatic ring is 1. The van der Waals surface area contributed by atoms with Crippen molar-refractivity contribution < 1.29 is 0 Å². The van der Waals surface area contributed by atoms with Crippen LogP contribution >= 0.6 is 12.6 Å². The molecule has 1 aromatic carbocycles. The maximum Gasteiger partial charge on any atom is 0.0723 e. The SMILES string of the molecule is Nc1c(S)ccc2ncccc12. The number of pyridine rings is 1. The molecule has 1 heterocycles. The average Bonchev–Trinajstić information content (AvgIpc) is 2.12. The highest BCUT2D eigenvalue weighted by Crippen LogP contribution is 2.25. The summed E-state index contributed by atoms with van der Waals surface area (Å²) in [6.45, 7) is 0. The number of rotatable bonds is 0.